The third-order valence-corrected chi connectivity index (χ3v) is 5.93. The Morgan fingerprint density at radius 3 is 2.24 bits per heavy atom. The van der Waals surface area contributed by atoms with E-state index >= 15 is 0 Å². The molecule has 0 bridgehead atoms. The summed E-state index contributed by atoms with van der Waals surface area (Å²) in [4.78, 5) is 21.7. The van der Waals surface area contributed by atoms with Crippen molar-refractivity contribution in [3.63, 3.8) is 0 Å². The Morgan fingerprint density at radius 2 is 1.71 bits per heavy atom. The molecular weight excluding hydrogens is 520 g/mol. The number of hydrogen-bond acceptors (Lipinski definition) is 8. The highest BCUT2D eigenvalue weighted by Crippen LogP contribution is 2.26. The van der Waals surface area contributed by atoms with Crippen LogP contribution in [0.3, 0.4) is 0 Å². The first kappa shape index (κ1) is 30.3. The van der Waals surface area contributed by atoms with E-state index in [9.17, 15) is 22.4 Å². The minimum absolute atomic E-state index is 0.0381. The zero-order valence-corrected chi connectivity index (χ0v) is 20.9. The zero-order valence-electron chi connectivity index (χ0n) is 18.6. The maximum Gasteiger partial charge on any atom is 0.506 e. The lowest BCUT2D eigenvalue weighted by Gasteiger charge is -2.27. The van der Waals surface area contributed by atoms with Gasteiger partial charge >= 0.3 is 6.16 Å². The summed E-state index contributed by atoms with van der Waals surface area (Å²) in [5.74, 6) is -0.860. The molecule has 1 amide bonds. The molecule has 0 aliphatic rings. The molecule has 194 valence electrons. The second-order valence-electron chi connectivity index (χ2n) is 7.01. The summed E-state index contributed by atoms with van der Waals surface area (Å²) < 4.78 is 58.3. The number of carboxylic acid groups (broad SMARTS) is 1. The standard InChI is InChI=1S/C20H28Cl2FNO9S/c1-30-9-10-31-11-12-32-19(24-18(25)17(21)22)16(33-20(26)27)8-7-15(23)13-3-5-14(6-4-13)34(2,28)29/h3-6,15-17,19H,7-12H2,1-2H3,(H,24,25)(H,26,27)/t15?,16-,19+/m1/s1. The summed E-state index contributed by atoms with van der Waals surface area (Å²) in [6.45, 7) is 0.682. The number of nitrogens with one attached hydrogen (secondary N) is 1. The van der Waals surface area contributed by atoms with Gasteiger partial charge in [-0.05, 0) is 30.5 Å². The summed E-state index contributed by atoms with van der Waals surface area (Å²) in [5, 5.41) is 11.4. The molecule has 0 aromatic heterocycles. The van der Waals surface area contributed by atoms with Gasteiger partial charge in [-0.15, -0.1) is 0 Å². The predicted octanol–water partition coefficient (Wildman–Crippen LogP) is 2.87. The quantitative estimate of drug-likeness (QED) is 0.138. The first-order chi connectivity index (χ1) is 16.0. The van der Waals surface area contributed by atoms with Crippen LogP contribution in [-0.2, 0) is 33.6 Å². The summed E-state index contributed by atoms with van der Waals surface area (Å²) in [6, 6.07) is 5.21. The van der Waals surface area contributed by atoms with Crippen LogP contribution in [0.25, 0.3) is 0 Å². The number of methoxy groups -OCH3 is 1. The molecule has 1 unspecified atom stereocenters. The molecule has 0 aliphatic carbocycles. The number of halogens is 3. The van der Waals surface area contributed by atoms with E-state index in [4.69, 9.17) is 47.3 Å². The summed E-state index contributed by atoms with van der Waals surface area (Å²) >= 11 is 11.1. The molecule has 14 heteroatoms. The number of amides is 1. The van der Waals surface area contributed by atoms with Gasteiger partial charge in [-0.1, -0.05) is 35.3 Å². The number of hydrogen-bond donors (Lipinski definition) is 2. The van der Waals surface area contributed by atoms with Crippen LogP contribution < -0.4 is 5.32 Å². The number of sulfone groups is 1. The Hall–Kier alpha value is -1.70. The van der Waals surface area contributed by atoms with Gasteiger partial charge in [-0.3, -0.25) is 4.79 Å². The second kappa shape index (κ2) is 15.3. The lowest BCUT2D eigenvalue weighted by atomic mass is 10.0. The molecule has 1 aromatic rings. The smallest absolute Gasteiger partial charge is 0.450 e. The maximum atomic E-state index is 14.8. The zero-order chi connectivity index (χ0) is 25.7. The Morgan fingerprint density at radius 1 is 1.09 bits per heavy atom. The fraction of sp³-hybridized carbons (Fsp3) is 0.600. The third-order valence-electron chi connectivity index (χ3n) is 4.40. The van der Waals surface area contributed by atoms with Gasteiger partial charge in [0.1, 0.15) is 6.17 Å². The van der Waals surface area contributed by atoms with Gasteiger partial charge in [0.2, 0.25) is 0 Å². The van der Waals surface area contributed by atoms with E-state index in [1.165, 1.54) is 31.4 Å². The number of carbonyl (C=O) groups is 2. The molecule has 34 heavy (non-hydrogen) atoms. The molecule has 0 fully saturated rings. The van der Waals surface area contributed by atoms with Crippen molar-refractivity contribution >= 4 is 45.1 Å². The van der Waals surface area contributed by atoms with Crippen LogP contribution in [0.2, 0.25) is 0 Å². The van der Waals surface area contributed by atoms with Crippen LogP contribution in [0.15, 0.2) is 29.2 Å². The Balaban J connectivity index is 2.87. The van der Waals surface area contributed by atoms with Crippen molar-refractivity contribution in [1.29, 1.82) is 0 Å². The number of ether oxygens (including phenoxy) is 4. The van der Waals surface area contributed by atoms with Crippen LogP contribution in [0.1, 0.15) is 24.6 Å². The number of benzene rings is 1. The fourth-order valence-corrected chi connectivity index (χ4v) is 3.48. The number of rotatable bonds is 16. The molecule has 10 nitrogen and oxygen atoms in total. The number of alkyl halides is 3. The molecule has 0 heterocycles. The first-order valence-corrected chi connectivity index (χ1v) is 12.8. The van der Waals surface area contributed by atoms with Crippen LogP contribution in [0.4, 0.5) is 9.18 Å². The monoisotopic (exact) mass is 547 g/mol. The molecular formula is C20H28Cl2FNO9S. The van der Waals surface area contributed by atoms with Gasteiger partial charge in [0.05, 0.1) is 31.3 Å². The summed E-state index contributed by atoms with van der Waals surface area (Å²) in [6.07, 6.45) is -5.24. The molecule has 1 rings (SSSR count). The van der Waals surface area contributed by atoms with E-state index in [2.05, 4.69) is 5.32 Å². The van der Waals surface area contributed by atoms with Crippen LogP contribution in [-0.4, -0.2) is 82.5 Å². The highest BCUT2D eigenvalue weighted by Gasteiger charge is 2.30. The van der Waals surface area contributed by atoms with Gasteiger partial charge in [0.15, 0.2) is 27.0 Å². The van der Waals surface area contributed by atoms with E-state index in [0.29, 0.717) is 13.2 Å². The normalized spacial score (nSPS) is 14.4. The molecule has 0 aliphatic heterocycles. The van der Waals surface area contributed by atoms with Crippen molar-refractivity contribution in [3.8, 4) is 0 Å². The third kappa shape index (κ3) is 11.6. The maximum absolute atomic E-state index is 14.8. The molecule has 0 spiro atoms. The van der Waals surface area contributed by atoms with Crippen LogP contribution >= 0.6 is 23.2 Å². The fourth-order valence-electron chi connectivity index (χ4n) is 2.73. The topological polar surface area (TPSA) is 137 Å². The van der Waals surface area contributed by atoms with E-state index in [1.807, 2.05) is 0 Å². The predicted molar refractivity (Wildman–Crippen MR) is 122 cm³/mol. The van der Waals surface area contributed by atoms with Gasteiger partial charge < -0.3 is 29.4 Å². The highest BCUT2D eigenvalue weighted by atomic mass is 35.5. The first-order valence-electron chi connectivity index (χ1n) is 10.1. The molecule has 0 saturated carbocycles. The van der Waals surface area contributed by atoms with Crippen molar-refractivity contribution in [1.82, 2.24) is 5.32 Å². The van der Waals surface area contributed by atoms with Crippen molar-refractivity contribution in [2.75, 3.05) is 39.8 Å². The molecule has 0 saturated heterocycles. The van der Waals surface area contributed by atoms with E-state index in [0.717, 1.165) is 6.26 Å². The lowest BCUT2D eigenvalue weighted by molar-refractivity contribution is -0.132. The SMILES string of the molecule is COCCOCCO[C@H](NC(=O)C(Cl)Cl)[C@@H](CCC(F)c1ccc(S(C)(=O)=O)cc1)OC(=O)O. The van der Waals surface area contributed by atoms with Crippen LogP contribution in [0, 0.1) is 0 Å². The molecule has 3 atom stereocenters. The van der Waals surface area contributed by atoms with Crippen molar-refractivity contribution < 1.29 is 46.5 Å². The largest absolute Gasteiger partial charge is 0.506 e. The van der Waals surface area contributed by atoms with Crippen LogP contribution in [0.5, 0.6) is 0 Å². The van der Waals surface area contributed by atoms with E-state index < -0.39 is 45.2 Å². The van der Waals surface area contributed by atoms with Gasteiger partial charge in [0, 0.05) is 13.4 Å². The summed E-state index contributed by atoms with van der Waals surface area (Å²) in [5.41, 5.74) is 0.191. The van der Waals surface area contributed by atoms with E-state index in [1.54, 1.807) is 0 Å². The summed E-state index contributed by atoms with van der Waals surface area (Å²) in [7, 11) is -1.93. The second-order valence-corrected chi connectivity index (χ2v) is 10.1. The molecule has 1 aromatic carbocycles. The minimum Gasteiger partial charge on any atom is -0.450 e. The lowest BCUT2D eigenvalue weighted by Crippen LogP contribution is -2.49. The minimum atomic E-state index is -3.43. The van der Waals surface area contributed by atoms with Crippen molar-refractivity contribution in [3.05, 3.63) is 29.8 Å². The van der Waals surface area contributed by atoms with E-state index in [-0.39, 0.29) is 36.5 Å². The Labute approximate surface area is 207 Å². The Bertz CT molecular complexity index is 871. The van der Waals surface area contributed by atoms with Crippen molar-refractivity contribution in [2.45, 2.75) is 41.1 Å². The molecule has 0 radical (unpaired) electrons. The van der Waals surface area contributed by atoms with Gasteiger partial charge in [-0.25, -0.2) is 17.6 Å². The van der Waals surface area contributed by atoms with Crippen molar-refractivity contribution in [2.24, 2.45) is 0 Å². The van der Waals surface area contributed by atoms with Gasteiger partial charge in [0.25, 0.3) is 5.91 Å². The average molecular weight is 548 g/mol. The Kier molecular flexibility index (Phi) is 13.7. The van der Waals surface area contributed by atoms with Gasteiger partial charge in [-0.2, -0.15) is 0 Å². The average Bonchev–Trinajstić information content (AvgIpc) is 2.77. The molecule has 2 N–H and O–H groups in total. The number of carbonyl (C=O) groups excluding carboxylic acids is 1. The highest BCUT2D eigenvalue weighted by molar-refractivity contribution is 7.90.